The molecule has 1 aliphatic rings. The van der Waals surface area contributed by atoms with Crippen molar-refractivity contribution in [2.24, 2.45) is 0 Å². The maximum Gasteiger partial charge on any atom is 0.239 e. The average molecular weight is 287 g/mol. The highest BCUT2D eigenvalue weighted by molar-refractivity contribution is 6.35. The van der Waals surface area contributed by atoms with E-state index >= 15 is 0 Å². The first kappa shape index (κ1) is 13.7. The number of nitrogens with zero attached hydrogens (tertiary/aromatic N) is 1. The third kappa shape index (κ3) is 3.16. The molecule has 3 nitrogen and oxygen atoms in total. The quantitative estimate of drug-likeness (QED) is 0.927. The maximum atomic E-state index is 12.1. The molecule has 5 heteroatoms. The van der Waals surface area contributed by atoms with Crippen LogP contribution in [0.25, 0.3) is 0 Å². The van der Waals surface area contributed by atoms with E-state index in [4.69, 9.17) is 23.2 Å². The van der Waals surface area contributed by atoms with Crippen molar-refractivity contribution >= 4 is 29.1 Å². The number of carbonyl (C=O) groups is 1. The highest BCUT2D eigenvalue weighted by atomic mass is 35.5. The van der Waals surface area contributed by atoms with Crippen LogP contribution in [0.3, 0.4) is 0 Å². The minimum atomic E-state index is -0.0407. The van der Waals surface area contributed by atoms with E-state index < -0.39 is 0 Å². The molecule has 0 bridgehead atoms. The molecule has 0 aromatic heterocycles. The van der Waals surface area contributed by atoms with E-state index in [1.807, 2.05) is 6.07 Å². The molecule has 1 atom stereocenters. The molecular weight excluding hydrogens is 271 g/mol. The summed E-state index contributed by atoms with van der Waals surface area (Å²) in [5.74, 6) is 0.124. The molecule has 0 radical (unpaired) electrons. The van der Waals surface area contributed by atoms with E-state index in [2.05, 4.69) is 5.32 Å². The van der Waals surface area contributed by atoms with Gasteiger partial charge in [-0.15, -0.1) is 0 Å². The molecule has 0 saturated carbocycles. The molecule has 1 aromatic rings. The predicted octanol–water partition coefficient (Wildman–Crippen LogP) is 2.70. The van der Waals surface area contributed by atoms with Gasteiger partial charge in [-0.2, -0.15) is 0 Å². The molecule has 98 valence electrons. The monoisotopic (exact) mass is 286 g/mol. The molecule has 1 aromatic carbocycles. The van der Waals surface area contributed by atoms with E-state index in [1.54, 1.807) is 24.1 Å². The Hall–Kier alpha value is -0.770. The van der Waals surface area contributed by atoms with E-state index in [1.165, 1.54) is 0 Å². The van der Waals surface area contributed by atoms with Crippen molar-refractivity contribution in [3.05, 3.63) is 33.8 Å². The number of carbonyl (C=O) groups excluding carboxylic acids is 1. The van der Waals surface area contributed by atoms with Crippen molar-refractivity contribution < 1.29 is 4.79 Å². The number of rotatable bonds is 3. The van der Waals surface area contributed by atoms with Gasteiger partial charge in [0, 0.05) is 23.6 Å². The summed E-state index contributed by atoms with van der Waals surface area (Å²) >= 11 is 11.9. The van der Waals surface area contributed by atoms with Crippen LogP contribution in [0.4, 0.5) is 0 Å². The van der Waals surface area contributed by atoms with Crippen molar-refractivity contribution in [2.75, 3.05) is 13.6 Å². The van der Waals surface area contributed by atoms with Crippen molar-refractivity contribution in [3.63, 3.8) is 0 Å². The molecule has 1 amide bonds. The van der Waals surface area contributed by atoms with E-state index in [9.17, 15) is 4.79 Å². The number of likely N-dealkylation sites (N-methyl/N-ethyl adjacent to an activating group) is 1. The Morgan fingerprint density at radius 3 is 2.89 bits per heavy atom. The first-order chi connectivity index (χ1) is 8.58. The lowest BCUT2D eigenvalue weighted by atomic mass is 10.1. The zero-order valence-corrected chi connectivity index (χ0v) is 11.8. The van der Waals surface area contributed by atoms with Crippen molar-refractivity contribution in [1.82, 2.24) is 10.2 Å². The van der Waals surface area contributed by atoms with Crippen molar-refractivity contribution in [2.45, 2.75) is 25.4 Å². The summed E-state index contributed by atoms with van der Waals surface area (Å²) in [7, 11) is 1.80. The van der Waals surface area contributed by atoms with Gasteiger partial charge >= 0.3 is 0 Å². The van der Waals surface area contributed by atoms with Crippen LogP contribution in [0.2, 0.25) is 10.0 Å². The number of hydrogen-bond donors (Lipinski definition) is 1. The first-order valence-electron chi connectivity index (χ1n) is 6.00. The number of benzene rings is 1. The van der Waals surface area contributed by atoms with Gasteiger partial charge in [-0.3, -0.25) is 4.79 Å². The molecule has 1 aliphatic heterocycles. The summed E-state index contributed by atoms with van der Waals surface area (Å²) in [6, 6.07) is 5.30. The predicted molar refractivity (Wildman–Crippen MR) is 74.0 cm³/mol. The van der Waals surface area contributed by atoms with Gasteiger partial charge in [-0.05, 0) is 37.1 Å². The second-order valence-corrected chi connectivity index (χ2v) is 5.42. The lowest BCUT2D eigenvalue weighted by Gasteiger charge is -2.21. The van der Waals surface area contributed by atoms with Gasteiger partial charge in [0.15, 0.2) is 0 Å². The third-order valence-electron chi connectivity index (χ3n) is 3.16. The maximum absolute atomic E-state index is 12.1. The molecule has 1 N–H and O–H groups in total. The fraction of sp³-hybridized carbons (Fsp3) is 0.462. The summed E-state index contributed by atoms with van der Waals surface area (Å²) < 4.78 is 0. The van der Waals surface area contributed by atoms with Crippen LogP contribution in [0.5, 0.6) is 0 Å². The largest absolute Gasteiger partial charge is 0.340 e. The summed E-state index contributed by atoms with van der Waals surface area (Å²) in [5.41, 5.74) is 0.912. The number of amides is 1. The highest BCUT2D eigenvalue weighted by Gasteiger charge is 2.25. The number of nitrogens with one attached hydrogen (secondary N) is 1. The van der Waals surface area contributed by atoms with Crippen LogP contribution >= 0.6 is 23.2 Å². The van der Waals surface area contributed by atoms with Crippen LogP contribution < -0.4 is 5.32 Å². The molecule has 1 saturated heterocycles. The Labute approximate surface area is 117 Å². The van der Waals surface area contributed by atoms with E-state index in [0.29, 0.717) is 16.6 Å². The Balaban J connectivity index is 2.01. The Morgan fingerprint density at radius 1 is 1.50 bits per heavy atom. The smallest absolute Gasteiger partial charge is 0.239 e. The summed E-state index contributed by atoms with van der Waals surface area (Å²) in [6.07, 6.45) is 1.98. The third-order valence-corrected chi connectivity index (χ3v) is 3.74. The average Bonchev–Trinajstić information content (AvgIpc) is 2.85. The zero-order valence-electron chi connectivity index (χ0n) is 10.2. The topological polar surface area (TPSA) is 32.3 Å². The molecule has 0 aliphatic carbocycles. The minimum Gasteiger partial charge on any atom is -0.340 e. The van der Waals surface area contributed by atoms with Gasteiger partial charge < -0.3 is 10.2 Å². The lowest BCUT2D eigenvalue weighted by Crippen LogP contribution is -2.41. The number of halogens is 2. The Bertz CT molecular complexity index is 445. The van der Waals surface area contributed by atoms with Crippen LogP contribution in [0, 0.1) is 0 Å². The van der Waals surface area contributed by atoms with Crippen LogP contribution in [-0.4, -0.2) is 30.4 Å². The molecule has 1 heterocycles. The van der Waals surface area contributed by atoms with Crippen molar-refractivity contribution in [1.29, 1.82) is 0 Å². The second kappa shape index (κ2) is 5.91. The van der Waals surface area contributed by atoms with Gasteiger partial charge in [-0.25, -0.2) is 0 Å². The second-order valence-electron chi connectivity index (χ2n) is 4.58. The normalized spacial score (nSPS) is 18.9. The fourth-order valence-corrected chi connectivity index (χ4v) is 2.61. The Morgan fingerprint density at radius 2 is 2.28 bits per heavy atom. The SMILES string of the molecule is CN(Cc1ccc(Cl)cc1Cl)C(=O)[C@@H]1CCCN1. The Kier molecular flexibility index (Phi) is 4.49. The van der Waals surface area contributed by atoms with Crippen LogP contribution in [0.1, 0.15) is 18.4 Å². The van der Waals surface area contributed by atoms with Gasteiger partial charge in [0.1, 0.15) is 0 Å². The van der Waals surface area contributed by atoms with E-state index in [0.717, 1.165) is 24.9 Å². The molecule has 0 unspecified atom stereocenters. The molecule has 2 rings (SSSR count). The standard InChI is InChI=1S/C13H16Cl2N2O/c1-17(13(18)12-3-2-6-16-12)8-9-4-5-10(14)7-11(9)15/h4-5,7,12,16H,2-3,6,8H2,1H3/t12-/m0/s1. The van der Waals surface area contributed by atoms with Crippen molar-refractivity contribution in [3.8, 4) is 0 Å². The highest BCUT2D eigenvalue weighted by Crippen LogP contribution is 2.22. The molecule has 0 spiro atoms. The summed E-state index contributed by atoms with van der Waals surface area (Å²) in [5, 5.41) is 4.41. The van der Waals surface area contributed by atoms with Gasteiger partial charge in [0.25, 0.3) is 0 Å². The van der Waals surface area contributed by atoms with Gasteiger partial charge in [-0.1, -0.05) is 29.3 Å². The molecular formula is C13H16Cl2N2O. The van der Waals surface area contributed by atoms with Crippen LogP contribution in [-0.2, 0) is 11.3 Å². The summed E-state index contributed by atoms with van der Waals surface area (Å²) in [6.45, 7) is 1.43. The van der Waals surface area contributed by atoms with Gasteiger partial charge in [0.2, 0.25) is 5.91 Å². The minimum absolute atomic E-state index is 0.0407. The summed E-state index contributed by atoms with van der Waals surface area (Å²) in [4.78, 5) is 13.8. The van der Waals surface area contributed by atoms with E-state index in [-0.39, 0.29) is 11.9 Å². The molecule has 18 heavy (non-hydrogen) atoms. The lowest BCUT2D eigenvalue weighted by molar-refractivity contribution is -0.132. The van der Waals surface area contributed by atoms with Crippen LogP contribution in [0.15, 0.2) is 18.2 Å². The zero-order chi connectivity index (χ0) is 13.1. The number of hydrogen-bond acceptors (Lipinski definition) is 2. The van der Waals surface area contributed by atoms with Gasteiger partial charge in [0.05, 0.1) is 6.04 Å². The fourth-order valence-electron chi connectivity index (χ4n) is 2.14. The molecule has 1 fully saturated rings. The first-order valence-corrected chi connectivity index (χ1v) is 6.76.